The molecular formula is C11H18N4O. The fraction of sp³-hybridized carbons (Fsp3) is 0.545. The molecule has 5 N–H and O–H groups in total. The van der Waals surface area contributed by atoms with Crippen molar-refractivity contribution in [3.8, 4) is 0 Å². The monoisotopic (exact) mass is 222 g/mol. The highest BCUT2D eigenvalue weighted by molar-refractivity contribution is 5.62. The first kappa shape index (κ1) is 11.0. The van der Waals surface area contributed by atoms with Gasteiger partial charge in [-0.2, -0.15) is 0 Å². The predicted molar refractivity (Wildman–Crippen MR) is 65.1 cm³/mol. The van der Waals surface area contributed by atoms with Crippen molar-refractivity contribution < 1.29 is 5.11 Å². The van der Waals surface area contributed by atoms with Crippen LogP contribution in [0.4, 0.5) is 17.3 Å². The van der Waals surface area contributed by atoms with Crippen LogP contribution in [0.5, 0.6) is 0 Å². The smallest absolute Gasteiger partial charge is 0.149 e. The summed E-state index contributed by atoms with van der Waals surface area (Å²) in [5.74, 6) is 1.13. The predicted octanol–water partition coefficient (Wildman–Crippen LogP) is 0.597. The van der Waals surface area contributed by atoms with Gasteiger partial charge in [-0.3, -0.25) is 0 Å². The normalized spacial score (nSPS) is 25.8. The number of hydrogen-bond acceptors (Lipinski definition) is 5. The van der Waals surface area contributed by atoms with Crippen LogP contribution in [0, 0.1) is 0 Å². The molecule has 0 amide bonds. The second-order valence-electron chi connectivity index (χ2n) is 4.67. The van der Waals surface area contributed by atoms with Crippen molar-refractivity contribution in [1.29, 1.82) is 0 Å². The van der Waals surface area contributed by atoms with Gasteiger partial charge in [-0.05, 0) is 31.9 Å². The minimum atomic E-state index is -0.643. The van der Waals surface area contributed by atoms with Gasteiger partial charge in [0.2, 0.25) is 0 Å². The number of anilines is 3. The first-order valence-corrected chi connectivity index (χ1v) is 5.47. The number of aromatic nitrogens is 1. The maximum absolute atomic E-state index is 10.0. The third-order valence-corrected chi connectivity index (χ3v) is 2.94. The minimum Gasteiger partial charge on any atom is -0.396 e. The molecule has 0 aromatic carbocycles. The van der Waals surface area contributed by atoms with Crippen molar-refractivity contribution in [2.24, 2.45) is 0 Å². The highest BCUT2D eigenvalue weighted by Crippen LogP contribution is 2.26. The molecule has 1 aromatic rings. The second kappa shape index (κ2) is 3.83. The van der Waals surface area contributed by atoms with E-state index in [0.29, 0.717) is 18.1 Å². The van der Waals surface area contributed by atoms with Gasteiger partial charge in [-0.15, -0.1) is 0 Å². The third-order valence-electron chi connectivity index (χ3n) is 2.94. The summed E-state index contributed by atoms with van der Waals surface area (Å²) in [5.41, 5.74) is 11.1. The minimum absolute atomic E-state index is 0.350. The largest absolute Gasteiger partial charge is 0.396 e. The number of nitrogen functional groups attached to an aromatic ring is 2. The molecule has 5 heteroatoms. The fourth-order valence-electron chi connectivity index (χ4n) is 2.07. The molecule has 0 aliphatic carbocycles. The van der Waals surface area contributed by atoms with Crippen molar-refractivity contribution >= 4 is 17.3 Å². The third kappa shape index (κ3) is 2.19. The molecule has 5 nitrogen and oxygen atoms in total. The molecular weight excluding hydrogens is 204 g/mol. The SMILES string of the molecule is CC1(O)CCCN(c2ccc(N)c(N)n2)C1. The van der Waals surface area contributed by atoms with E-state index in [1.807, 2.05) is 17.9 Å². The van der Waals surface area contributed by atoms with E-state index in [0.717, 1.165) is 25.2 Å². The van der Waals surface area contributed by atoms with Gasteiger partial charge in [-0.25, -0.2) is 4.98 Å². The van der Waals surface area contributed by atoms with E-state index in [1.165, 1.54) is 0 Å². The average molecular weight is 222 g/mol. The summed E-state index contributed by atoms with van der Waals surface area (Å²) in [6.07, 6.45) is 1.78. The molecule has 0 radical (unpaired) electrons. The van der Waals surface area contributed by atoms with Crippen LogP contribution in [-0.2, 0) is 0 Å². The molecule has 1 aromatic heterocycles. The topological polar surface area (TPSA) is 88.4 Å². The van der Waals surface area contributed by atoms with Crippen molar-refractivity contribution in [2.45, 2.75) is 25.4 Å². The highest BCUT2D eigenvalue weighted by Gasteiger charge is 2.29. The highest BCUT2D eigenvalue weighted by atomic mass is 16.3. The molecule has 1 aliphatic rings. The number of nitrogens with two attached hydrogens (primary N) is 2. The molecule has 88 valence electrons. The molecule has 1 unspecified atom stereocenters. The van der Waals surface area contributed by atoms with Gasteiger partial charge in [0.05, 0.1) is 11.3 Å². The van der Waals surface area contributed by atoms with Gasteiger partial charge in [0.1, 0.15) is 11.6 Å². The standard InChI is InChI=1S/C11H18N4O/c1-11(16)5-2-6-15(7-11)9-4-3-8(12)10(13)14-9/h3-4,16H,2,5-7,12H2,1H3,(H2,13,14). The number of hydrogen-bond donors (Lipinski definition) is 3. The first-order valence-electron chi connectivity index (χ1n) is 5.47. The van der Waals surface area contributed by atoms with Crippen molar-refractivity contribution in [3.05, 3.63) is 12.1 Å². The van der Waals surface area contributed by atoms with E-state index >= 15 is 0 Å². The van der Waals surface area contributed by atoms with Crippen molar-refractivity contribution in [2.75, 3.05) is 29.5 Å². The van der Waals surface area contributed by atoms with Crippen LogP contribution in [0.25, 0.3) is 0 Å². The van der Waals surface area contributed by atoms with Crippen LogP contribution >= 0.6 is 0 Å². The molecule has 1 aliphatic heterocycles. The lowest BCUT2D eigenvalue weighted by molar-refractivity contribution is 0.0447. The number of β-amino-alcohol motifs (C(OH)–C–C–N with tert-alkyl or cyclic N) is 1. The molecule has 0 saturated carbocycles. The van der Waals surface area contributed by atoms with Crippen LogP contribution in [0.2, 0.25) is 0 Å². The number of aliphatic hydroxyl groups is 1. The summed E-state index contributed by atoms with van der Waals surface area (Å²) < 4.78 is 0. The summed E-state index contributed by atoms with van der Waals surface area (Å²) in [4.78, 5) is 6.27. The lowest BCUT2D eigenvalue weighted by atomic mass is 9.95. The Balaban J connectivity index is 2.20. The van der Waals surface area contributed by atoms with E-state index in [2.05, 4.69) is 4.98 Å². The second-order valence-corrected chi connectivity index (χ2v) is 4.67. The number of piperidine rings is 1. The molecule has 2 heterocycles. The van der Waals surface area contributed by atoms with Crippen LogP contribution in [0.3, 0.4) is 0 Å². The Bertz CT molecular complexity index is 392. The summed E-state index contributed by atoms with van der Waals surface area (Å²) in [5, 5.41) is 10.0. The summed E-state index contributed by atoms with van der Waals surface area (Å²) >= 11 is 0. The van der Waals surface area contributed by atoms with Gasteiger partial charge in [0, 0.05) is 13.1 Å². The maximum Gasteiger partial charge on any atom is 0.149 e. The Morgan fingerprint density at radius 3 is 2.81 bits per heavy atom. The maximum atomic E-state index is 10.0. The molecule has 2 rings (SSSR count). The van der Waals surface area contributed by atoms with E-state index in [-0.39, 0.29) is 0 Å². The van der Waals surface area contributed by atoms with Crippen LogP contribution in [0.15, 0.2) is 12.1 Å². The summed E-state index contributed by atoms with van der Waals surface area (Å²) in [7, 11) is 0. The van der Waals surface area contributed by atoms with Gasteiger partial charge >= 0.3 is 0 Å². The van der Waals surface area contributed by atoms with Crippen LogP contribution < -0.4 is 16.4 Å². The lowest BCUT2D eigenvalue weighted by Crippen LogP contribution is -2.46. The molecule has 1 fully saturated rings. The summed E-state index contributed by atoms with van der Waals surface area (Å²) in [6, 6.07) is 3.59. The zero-order valence-electron chi connectivity index (χ0n) is 9.48. The van der Waals surface area contributed by atoms with Crippen LogP contribution in [0.1, 0.15) is 19.8 Å². The lowest BCUT2D eigenvalue weighted by Gasteiger charge is -2.37. The Morgan fingerprint density at radius 1 is 1.44 bits per heavy atom. The van der Waals surface area contributed by atoms with E-state index in [1.54, 1.807) is 6.07 Å². The Hall–Kier alpha value is -1.49. The molecule has 0 spiro atoms. The van der Waals surface area contributed by atoms with Gasteiger partial charge in [-0.1, -0.05) is 0 Å². The van der Waals surface area contributed by atoms with Crippen molar-refractivity contribution in [1.82, 2.24) is 4.98 Å². The average Bonchev–Trinajstić information content (AvgIpc) is 2.20. The van der Waals surface area contributed by atoms with Gasteiger partial charge < -0.3 is 21.5 Å². The van der Waals surface area contributed by atoms with Crippen LogP contribution in [-0.4, -0.2) is 28.8 Å². The molecule has 0 bridgehead atoms. The van der Waals surface area contributed by atoms with Crippen molar-refractivity contribution in [3.63, 3.8) is 0 Å². The fourth-order valence-corrected chi connectivity index (χ4v) is 2.07. The first-order chi connectivity index (χ1) is 7.48. The number of pyridine rings is 1. The molecule has 1 atom stereocenters. The quantitative estimate of drug-likeness (QED) is 0.647. The van der Waals surface area contributed by atoms with E-state index < -0.39 is 5.60 Å². The van der Waals surface area contributed by atoms with E-state index in [4.69, 9.17) is 11.5 Å². The molecule has 16 heavy (non-hydrogen) atoms. The number of nitrogens with zero attached hydrogens (tertiary/aromatic N) is 2. The zero-order valence-corrected chi connectivity index (χ0v) is 9.48. The Morgan fingerprint density at radius 2 is 2.19 bits per heavy atom. The summed E-state index contributed by atoms with van der Waals surface area (Å²) in [6.45, 7) is 3.33. The van der Waals surface area contributed by atoms with Gasteiger partial charge in [0.15, 0.2) is 0 Å². The van der Waals surface area contributed by atoms with E-state index in [9.17, 15) is 5.11 Å². The van der Waals surface area contributed by atoms with Gasteiger partial charge in [0.25, 0.3) is 0 Å². The Labute approximate surface area is 95.1 Å². The Kier molecular flexibility index (Phi) is 2.63. The number of rotatable bonds is 1. The zero-order chi connectivity index (χ0) is 11.8. The molecule has 1 saturated heterocycles.